The molecule has 1 amide bonds. The first-order chi connectivity index (χ1) is 9.22. The number of methoxy groups -OCH3 is 1. The van der Waals surface area contributed by atoms with Gasteiger partial charge in [0.1, 0.15) is 0 Å². The van der Waals surface area contributed by atoms with Crippen LogP contribution >= 0.6 is 22.6 Å². The first kappa shape index (κ1) is 14.0. The van der Waals surface area contributed by atoms with E-state index in [0.29, 0.717) is 12.2 Å². The minimum Gasteiger partial charge on any atom is -0.380 e. The molecule has 0 aliphatic heterocycles. The van der Waals surface area contributed by atoms with E-state index >= 15 is 0 Å². The molecule has 4 heteroatoms. The smallest absolute Gasteiger partial charge is 0.256 e. The van der Waals surface area contributed by atoms with E-state index in [1.165, 1.54) is 0 Å². The van der Waals surface area contributed by atoms with Crippen LogP contribution in [0.25, 0.3) is 0 Å². The van der Waals surface area contributed by atoms with E-state index in [-0.39, 0.29) is 5.91 Å². The van der Waals surface area contributed by atoms with Gasteiger partial charge in [-0.25, -0.2) is 0 Å². The highest BCUT2D eigenvalue weighted by molar-refractivity contribution is 14.1. The molecule has 19 heavy (non-hydrogen) atoms. The number of para-hydroxylation sites is 1. The maximum Gasteiger partial charge on any atom is 0.256 e. The zero-order valence-corrected chi connectivity index (χ0v) is 12.7. The number of halogens is 1. The number of rotatable bonds is 4. The van der Waals surface area contributed by atoms with Crippen molar-refractivity contribution in [3.63, 3.8) is 0 Å². The summed E-state index contributed by atoms with van der Waals surface area (Å²) in [6.45, 7) is 0.475. The molecule has 0 bridgehead atoms. The number of benzene rings is 2. The molecule has 0 radical (unpaired) electrons. The number of carbonyl (C=O) groups excluding carboxylic acids is 1. The van der Waals surface area contributed by atoms with Crippen molar-refractivity contribution in [3.8, 4) is 0 Å². The fourth-order valence-corrected chi connectivity index (χ4v) is 2.39. The zero-order valence-electron chi connectivity index (χ0n) is 10.5. The van der Waals surface area contributed by atoms with Crippen molar-refractivity contribution >= 4 is 34.2 Å². The maximum absolute atomic E-state index is 12.2. The molecule has 98 valence electrons. The summed E-state index contributed by atoms with van der Waals surface area (Å²) in [4.78, 5) is 12.2. The van der Waals surface area contributed by atoms with Gasteiger partial charge >= 0.3 is 0 Å². The highest BCUT2D eigenvalue weighted by Gasteiger charge is 2.11. The van der Waals surface area contributed by atoms with Gasteiger partial charge in [0.2, 0.25) is 0 Å². The SMILES string of the molecule is COCc1ccccc1NC(=O)c1ccccc1I. The first-order valence-electron chi connectivity index (χ1n) is 5.85. The summed E-state index contributed by atoms with van der Waals surface area (Å²) in [5.74, 6) is -0.103. The molecular weight excluding hydrogens is 353 g/mol. The third kappa shape index (κ3) is 3.54. The number of hydrogen-bond donors (Lipinski definition) is 1. The number of nitrogens with one attached hydrogen (secondary N) is 1. The fraction of sp³-hybridized carbons (Fsp3) is 0.133. The highest BCUT2D eigenvalue weighted by atomic mass is 127. The normalized spacial score (nSPS) is 10.2. The number of carbonyl (C=O) groups is 1. The Balaban J connectivity index is 2.22. The molecule has 0 unspecified atom stereocenters. The monoisotopic (exact) mass is 367 g/mol. The topological polar surface area (TPSA) is 38.3 Å². The Labute approximate surface area is 126 Å². The maximum atomic E-state index is 12.2. The van der Waals surface area contributed by atoms with Gasteiger partial charge in [0.05, 0.1) is 12.2 Å². The second kappa shape index (κ2) is 6.68. The lowest BCUT2D eigenvalue weighted by Crippen LogP contribution is -2.14. The molecule has 0 spiro atoms. The lowest BCUT2D eigenvalue weighted by atomic mass is 10.1. The average Bonchev–Trinajstić information content (AvgIpc) is 2.41. The van der Waals surface area contributed by atoms with Crippen LogP contribution in [-0.2, 0) is 11.3 Å². The van der Waals surface area contributed by atoms with E-state index in [4.69, 9.17) is 4.74 Å². The van der Waals surface area contributed by atoms with Crippen molar-refractivity contribution in [2.24, 2.45) is 0 Å². The summed E-state index contributed by atoms with van der Waals surface area (Å²) < 4.78 is 6.06. The van der Waals surface area contributed by atoms with Crippen molar-refractivity contribution in [2.45, 2.75) is 6.61 Å². The molecule has 0 saturated carbocycles. The van der Waals surface area contributed by atoms with Crippen LogP contribution in [0.1, 0.15) is 15.9 Å². The second-order valence-corrected chi connectivity index (χ2v) is 5.19. The molecule has 2 aromatic rings. The minimum atomic E-state index is -0.103. The van der Waals surface area contributed by atoms with Gasteiger partial charge in [0.25, 0.3) is 5.91 Å². The van der Waals surface area contributed by atoms with Gasteiger partial charge in [-0.15, -0.1) is 0 Å². The standard InChI is InChI=1S/C15H14INO2/c1-19-10-11-6-2-5-9-14(11)17-15(18)12-7-3-4-8-13(12)16/h2-9H,10H2,1H3,(H,17,18). The summed E-state index contributed by atoms with van der Waals surface area (Å²) in [5, 5.41) is 2.93. The lowest BCUT2D eigenvalue weighted by Gasteiger charge is -2.11. The Hall–Kier alpha value is -1.40. The van der Waals surface area contributed by atoms with Crippen molar-refractivity contribution in [2.75, 3.05) is 12.4 Å². The fourth-order valence-electron chi connectivity index (χ4n) is 1.76. The van der Waals surface area contributed by atoms with Gasteiger partial charge in [-0.2, -0.15) is 0 Å². The van der Waals surface area contributed by atoms with Crippen molar-refractivity contribution in [1.82, 2.24) is 0 Å². The van der Waals surface area contributed by atoms with E-state index < -0.39 is 0 Å². The molecule has 2 rings (SSSR count). The molecule has 0 fully saturated rings. The molecule has 0 atom stereocenters. The van der Waals surface area contributed by atoms with Gasteiger partial charge in [-0.3, -0.25) is 4.79 Å². The van der Waals surface area contributed by atoms with Crippen molar-refractivity contribution in [1.29, 1.82) is 0 Å². The zero-order chi connectivity index (χ0) is 13.7. The van der Waals surface area contributed by atoms with Gasteiger partial charge in [0.15, 0.2) is 0 Å². The third-order valence-corrected chi connectivity index (χ3v) is 3.62. The number of anilines is 1. The van der Waals surface area contributed by atoms with Crippen LogP contribution in [0.3, 0.4) is 0 Å². The van der Waals surface area contributed by atoms with Crippen LogP contribution in [0.2, 0.25) is 0 Å². The summed E-state index contributed by atoms with van der Waals surface area (Å²) >= 11 is 2.16. The Kier molecular flexibility index (Phi) is 4.93. The van der Waals surface area contributed by atoms with E-state index in [9.17, 15) is 4.79 Å². The molecule has 2 aromatic carbocycles. The second-order valence-electron chi connectivity index (χ2n) is 4.02. The van der Waals surface area contributed by atoms with Crippen LogP contribution in [0.15, 0.2) is 48.5 Å². The Morgan fingerprint density at radius 3 is 2.58 bits per heavy atom. The summed E-state index contributed by atoms with van der Waals surface area (Å²) in [6, 6.07) is 15.1. The third-order valence-electron chi connectivity index (χ3n) is 2.68. The van der Waals surface area contributed by atoms with Gasteiger partial charge in [-0.1, -0.05) is 30.3 Å². The largest absolute Gasteiger partial charge is 0.380 e. The minimum absolute atomic E-state index is 0.103. The molecule has 0 aromatic heterocycles. The lowest BCUT2D eigenvalue weighted by molar-refractivity contribution is 0.102. The van der Waals surface area contributed by atoms with Crippen LogP contribution in [0.5, 0.6) is 0 Å². The van der Waals surface area contributed by atoms with Crippen LogP contribution in [-0.4, -0.2) is 13.0 Å². The quantitative estimate of drug-likeness (QED) is 0.838. The average molecular weight is 367 g/mol. The Bertz CT molecular complexity index is 584. The predicted molar refractivity (Wildman–Crippen MR) is 84.3 cm³/mol. The number of ether oxygens (including phenoxy) is 1. The molecule has 0 aliphatic carbocycles. The Morgan fingerprint density at radius 1 is 1.16 bits per heavy atom. The molecule has 0 heterocycles. The molecule has 0 saturated heterocycles. The molecule has 0 aliphatic rings. The van der Waals surface area contributed by atoms with Crippen LogP contribution in [0, 0.1) is 3.57 Å². The summed E-state index contributed by atoms with van der Waals surface area (Å²) in [6.07, 6.45) is 0. The molecule has 3 nitrogen and oxygen atoms in total. The van der Waals surface area contributed by atoms with Crippen molar-refractivity contribution < 1.29 is 9.53 Å². The summed E-state index contributed by atoms with van der Waals surface area (Å²) in [5.41, 5.74) is 2.42. The highest BCUT2D eigenvalue weighted by Crippen LogP contribution is 2.18. The van der Waals surface area contributed by atoms with Crippen LogP contribution < -0.4 is 5.32 Å². The molecule has 1 N–H and O–H groups in total. The van der Waals surface area contributed by atoms with Crippen LogP contribution in [0.4, 0.5) is 5.69 Å². The van der Waals surface area contributed by atoms with E-state index in [0.717, 1.165) is 14.8 Å². The van der Waals surface area contributed by atoms with Gasteiger partial charge < -0.3 is 10.1 Å². The Morgan fingerprint density at radius 2 is 1.84 bits per heavy atom. The van der Waals surface area contributed by atoms with E-state index in [1.807, 2.05) is 48.5 Å². The number of hydrogen-bond acceptors (Lipinski definition) is 2. The predicted octanol–water partition coefficient (Wildman–Crippen LogP) is 3.69. The number of amides is 1. The van der Waals surface area contributed by atoms with Crippen molar-refractivity contribution in [3.05, 3.63) is 63.2 Å². The van der Waals surface area contributed by atoms with E-state index in [2.05, 4.69) is 27.9 Å². The molecular formula is C15H14INO2. The first-order valence-corrected chi connectivity index (χ1v) is 6.93. The van der Waals surface area contributed by atoms with E-state index in [1.54, 1.807) is 7.11 Å². The summed E-state index contributed by atoms with van der Waals surface area (Å²) in [7, 11) is 1.64. The van der Waals surface area contributed by atoms with Gasteiger partial charge in [0, 0.05) is 21.9 Å². The van der Waals surface area contributed by atoms with Gasteiger partial charge in [-0.05, 0) is 40.8 Å².